The molecule has 1 rings (SSSR count). The van der Waals surface area contributed by atoms with Gasteiger partial charge in [0.15, 0.2) is 5.82 Å². The fourth-order valence-electron chi connectivity index (χ4n) is 1.36. The molecule has 86 valence electrons. The molecule has 0 saturated heterocycles. The molecule has 2 unspecified atom stereocenters. The van der Waals surface area contributed by atoms with E-state index in [1.54, 1.807) is 0 Å². The minimum absolute atomic E-state index is 0.253. The zero-order valence-electron chi connectivity index (χ0n) is 10.2. The molecule has 4 heteroatoms. The molecule has 1 aromatic heterocycles. The van der Waals surface area contributed by atoms with Gasteiger partial charge in [0.1, 0.15) is 0 Å². The highest BCUT2D eigenvalue weighted by Gasteiger charge is 2.19. The van der Waals surface area contributed by atoms with Crippen molar-refractivity contribution in [2.24, 2.45) is 5.92 Å². The van der Waals surface area contributed by atoms with Gasteiger partial charge >= 0.3 is 0 Å². The van der Waals surface area contributed by atoms with E-state index in [0.29, 0.717) is 12.0 Å². The molecule has 0 bridgehead atoms. The van der Waals surface area contributed by atoms with Crippen molar-refractivity contribution in [2.45, 2.75) is 46.1 Å². The Labute approximate surface area is 91.5 Å². The summed E-state index contributed by atoms with van der Waals surface area (Å²) in [6.45, 7) is 8.50. The summed E-state index contributed by atoms with van der Waals surface area (Å²) < 4.78 is 5.25. The van der Waals surface area contributed by atoms with Crippen LogP contribution in [0.25, 0.3) is 0 Å². The highest BCUT2D eigenvalue weighted by molar-refractivity contribution is 4.96. The summed E-state index contributed by atoms with van der Waals surface area (Å²) >= 11 is 0. The molecule has 0 aliphatic rings. The zero-order valence-corrected chi connectivity index (χ0v) is 10.2. The lowest BCUT2D eigenvalue weighted by Gasteiger charge is -2.14. The number of nitrogens with one attached hydrogen (secondary N) is 1. The van der Waals surface area contributed by atoms with Crippen molar-refractivity contribution >= 4 is 0 Å². The van der Waals surface area contributed by atoms with Crippen molar-refractivity contribution < 1.29 is 4.52 Å². The second-order valence-corrected chi connectivity index (χ2v) is 4.51. The number of hydrogen-bond donors (Lipinski definition) is 1. The van der Waals surface area contributed by atoms with Gasteiger partial charge in [0, 0.05) is 12.5 Å². The third-order valence-corrected chi connectivity index (χ3v) is 2.67. The Bertz CT molecular complexity index is 296. The summed E-state index contributed by atoms with van der Waals surface area (Å²) in [6, 6.07) is 0.345. The van der Waals surface area contributed by atoms with Gasteiger partial charge in [0.05, 0.1) is 5.92 Å². The Morgan fingerprint density at radius 3 is 2.47 bits per heavy atom. The first-order chi connectivity index (χ1) is 7.04. The van der Waals surface area contributed by atoms with Crippen LogP contribution in [0, 0.1) is 5.92 Å². The molecule has 0 spiro atoms. The SMILES string of the molecule is CNC(C)C(C)c1nc(CC(C)C)no1. The molecular formula is C11H21N3O. The van der Waals surface area contributed by atoms with Crippen LogP contribution < -0.4 is 5.32 Å². The van der Waals surface area contributed by atoms with Gasteiger partial charge in [-0.05, 0) is 19.9 Å². The van der Waals surface area contributed by atoms with E-state index < -0.39 is 0 Å². The molecule has 0 radical (unpaired) electrons. The quantitative estimate of drug-likeness (QED) is 0.809. The van der Waals surface area contributed by atoms with Crippen molar-refractivity contribution in [1.82, 2.24) is 15.5 Å². The summed E-state index contributed by atoms with van der Waals surface area (Å²) in [5, 5.41) is 7.17. The van der Waals surface area contributed by atoms with Crippen LogP contribution in [0.3, 0.4) is 0 Å². The Morgan fingerprint density at radius 1 is 1.27 bits per heavy atom. The van der Waals surface area contributed by atoms with Gasteiger partial charge in [-0.2, -0.15) is 4.98 Å². The van der Waals surface area contributed by atoms with E-state index in [-0.39, 0.29) is 5.92 Å². The Morgan fingerprint density at radius 2 is 1.93 bits per heavy atom. The van der Waals surface area contributed by atoms with Crippen molar-refractivity contribution in [2.75, 3.05) is 7.05 Å². The van der Waals surface area contributed by atoms with Gasteiger partial charge in [0.25, 0.3) is 0 Å². The number of likely N-dealkylation sites (N-methyl/N-ethyl adjacent to an activating group) is 1. The van der Waals surface area contributed by atoms with E-state index >= 15 is 0 Å². The summed E-state index contributed by atoms with van der Waals surface area (Å²) in [5.41, 5.74) is 0. The highest BCUT2D eigenvalue weighted by Crippen LogP contribution is 2.17. The predicted molar refractivity (Wildman–Crippen MR) is 59.8 cm³/mol. The predicted octanol–water partition coefficient (Wildman–Crippen LogP) is 1.98. The van der Waals surface area contributed by atoms with Gasteiger partial charge in [-0.3, -0.25) is 0 Å². The standard InChI is InChI=1S/C11H21N3O/c1-7(2)6-10-13-11(15-14-10)8(3)9(4)12-5/h7-9,12H,6H2,1-5H3. The highest BCUT2D eigenvalue weighted by atomic mass is 16.5. The van der Waals surface area contributed by atoms with Crippen LogP contribution in [0.5, 0.6) is 0 Å². The van der Waals surface area contributed by atoms with Gasteiger partial charge < -0.3 is 9.84 Å². The molecule has 1 aromatic rings. The molecule has 1 heterocycles. The van der Waals surface area contributed by atoms with Gasteiger partial charge in [-0.15, -0.1) is 0 Å². The third-order valence-electron chi connectivity index (χ3n) is 2.67. The topological polar surface area (TPSA) is 51.0 Å². The molecule has 0 aliphatic heterocycles. The first kappa shape index (κ1) is 12.2. The molecular weight excluding hydrogens is 190 g/mol. The van der Waals surface area contributed by atoms with E-state index in [2.05, 4.69) is 43.2 Å². The fourth-order valence-corrected chi connectivity index (χ4v) is 1.36. The van der Waals surface area contributed by atoms with Gasteiger partial charge in [-0.25, -0.2) is 0 Å². The van der Waals surface area contributed by atoms with Crippen LogP contribution in [-0.2, 0) is 6.42 Å². The van der Waals surface area contributed by atoms with E-state index in [1.807, 2.05) is 7.05 Å². The lowest BCUT2D eigenvalue weighted by molar-refractivity contribution is 0.332. The number of aromatic nitrogens is 2. The second kappa shape index (κ2) is 5.26. The fraction of sp³-hybridized carbons (Fsp3) is 0.818. The van der Waals surface area contributed by atoms with Crippen LogP contribution in [0.1, 0.15) is 45.3 Å². The van der Waals surface area contributed by atoms with Crippen LogP contribution in [-0.4, -0.2) is 23.2 Å². The first-order valence-electron chi connectivity index (χ1n) is 5.54. The zero-order chi connectivity index (χ0) is 11.4. The largest absolute Gasteiger partial charge is 0.339 e. The summed E-state index contributed by atoms with van der Waals surface area (Å²) in [7, 11) is 1.94. The maximum absolute atomic E-state index is 5.25. The van der Waals surface area contributed by atoms with Gasteiger partial charge in [-0.1, -0.05) is 25.9 Å². The van der Waals surface area contributed by atoms with Crippen LogP contribution in [0.4, 0.5) is 0 Å². The second-order valence-electron chi connectivity index (χ2n) is 4.51. The van der Waals surface area contributed by atoms with Crippen LogP contribution >= 0.6 is 0 Å². The molecule has 2 atom stereocenters. The maximum Gasteiger partial charge on any atom is 0.231 e. The molecule has 4 nitrogen and oxygen atoms in total. The average Bonchev–Trinajstić information content (AvgIpc) is 2.63. The average molecular weight is 211 g/mol. The maximum atomic E-state index is 5.25. The summed E-state index contributed by atoms with van der Waals surface area (Å²) in [6.07, 6.45) is 0.879. The number of nitrogens with zero attached hydrogens (tertiary/aromatic N) is 2. The van der Waals surface area contributed by atoms with E-state index in [4.69, 9.17) is 4.52 Å². The van der Waals surface area contributed by atoms with Crippen LogP contribution in [0.2, 0.25) is 0 Å². The van der Waals surface area contributed by atoms with Crippen molar-refractivity contribution in [3.63, 3.8) is 0 Å². The molecule has 0 fully saturated rings. The van der Waals surface area contributed by atoms with E-state index in [9.17, 15) is 0 Å². The molecule has 15 heavy (non-hydrogen) atoms. The monoisotopic (exact) mass is 211 g/mol. The van der Waals surface area contributed by atoms with Crippen molar-refractivity contribution in [3.05, 3.63) is 11.7 Å². The third kappa shape index (κ3) is 3.30. The molecule has 1 N–H and O–H groups in total. The Hall–Kier alpha value is -0.900. The summed E-state index contributed by atoms with van der Waals surface area (Å²) in [4.78, 5) is 4.40. The minimum atomic E-state index is 0.253. The normalized spacial score (nSPS) is 15.6. The smallest absolute Gasteiger partial charge is 0.231 e. The Kier molecular flexibility index (Phi) is 4.27. The number of rotatable bonds is 5. The molecule has 0 aliphatic carbocycles. The lowest BCUT2D eigenvalue weighted by atomic mass is 10.0. The van der Waals surface area contributed by atoms with Crippen molar-refractivity contribution in [3.8, 4) is 0 Å². The molecule has 0 amide bonds. The molecule has 0 aromatic carbocycles. The van der Waals surface area contributed by atoms with Crippen molar-refractivity contribution in [1.29, 1.82) is 0 Å². The van der Waals surface area contributed by atoms with E-state index in [1.165, 1.54) is 0 Å². The summed E-state index contributed by atoms with van der Waals surface area (Å²) in [5.74, 6) is 2.36. The minimum Gasteiger partial charge on any atom is -0.339 e. The van der Waals surface area contributed by atoms with Crippen LogP contribution in [0.15, 0.2) is 4.52 Å². The van der Waals surface area contributed by atoms with Gasteiger partial charge in [0.2, 0.25) is 5.89 Å². The molecule has 0 saturated carbocycles. The van der Waals surface area contributed by atoms with E-state index in [0.717, 1.165) is 18.1 Å². The first-order valence-corrected chi connectivity index (χ1v) is 5.54. The number of hydrogen-bond acceptors (Lipinski definition) is 4. The Balaban J connectivity index is 2.66. The lowest BCUT2D eigenvalue weighted by Crippen LogP contribution is -2.27.